The third kappa shape index (κ3) is 4.04. The Morgan fingerprint density at radius 2 is 1.86 bits per heavy atom. The van der Waals surface area contributed by atoms with Crippen molar-refractivity contribution in [2.45, 2.75) is 25.8 Å². The Morgan fingerprint density at radius 3 is 2.45 bits per heavy atom. The first-order valence-electron chi connectivity index (χ1n) is 9.54. The van der Waals surface area contributed by atoms with E-state index in [1.807, 2.05) is 13.8 Å². The van der Waals surface area contributed by atoms with Crippen molar-refractivity contribution in [3.63, 3.8) is 0 Å². The van der Waals surface area contributed by atoms with Crippen LogP contribution in [0.3, 0.4) is 0 Å². The lowest BCUT2D eigenvalue weighted by Crippen LogP contribution is -2.64. The van der Waals surface area contributed by atoms with Crippen LogP contribution in [0, 0.1) is 17.6 Å². The van der Waals surface area contributed by atoms with Gasteiger partial charge in [-0.25, -0.2) is 13.6 Å². The van der Waals surface area contributed by atoms with E-state index in [9.17, 15) is 23.2 Å². The molecule has 0 bridgehead atoms. The van der Waals surface area contributed by atoms with Crippen molar-refractivity contribution >= 4 is 23.5 Å². The van der Waals surface area contributed by atoms with Gasteiger partial charge in [-0.1, -0.05) is 0 Å². The lowest BCUT2D eigenvalue weighted by molar-refractivity contribution is -0.144. The van der Waals surface area contributed by atoms with Crippen molar-refractivity contribution in [1.29, 1.82) is 0 Å². The summed E-state index contributed by atoms with van der Waals surface area (Å²) in [4.78, 5) is 43.9. The van der Waals surface area contributed by atoms with E-state index in [-0.39, 0.29) is 36.5 Å². The second kappa shape index (κ2) is 7.61. The van der Waals surface area contributed by atoms with E-state index in [0.29, 0.717) is 19.6 Å². The Morgan fingerprint density at radius 1 is 1.17 bits per heavy atom. The number of hydrogen-bond donors (Lipinski definition) is 0. The maximum Gasteiger partial charge on any atom is 0.319 e. The molecule has 1 unspecified atom stereocenters. The predicted octanol–water partition coefficient (Wildman–Crippen LogP) is 1.92. The highest BCUT2D eigenvalue weighted by Gasteiger charge is 2.44. The van der Waals surface area contributed by atoms with Gasteiger partial charge >= 0.3 is 6.03 Å². The highest BCUT2D eigenvalue weighted by molar-refractivity contribution is 6.00. The van der Waals surface area contributed by atoms with Crippen LogP contribution in [-0.2, 0) is 9.59 Å². The molecule has 1 atom stereocenters. The lowest BCUT2D eigenvalue weighted by atomic mass is 9.95. The number of carbonyl (C=O) groups excluding carboxylic acids is 3. The van der Waals surface area contributed by atoms with Gasteiger partial charge in [0, 0.05) is 52.8 Å². The second-order valence-corrected chi connectivity index (χ2v) is 8.40. The summed E-state index contributed by atoms with van der Waals surface area (Å²) in [6, 6.07) is 2.91. The van der Waals surface area contributed by atoms with Gasteiger partial charge in [0.25, 0.3) is 0 Å². The number of urea groups is 1. The molecule has 0 spiro atoms. The highest BCUT2D eigenvalue weighted by Crippen LogP contribution is 2.31. The van der Waals surface area contributed by atoms with Crippen LogP contribution < -0.4 is 4.90 Å². The van der Waals surface area contributed by atoms with Gasteiger partial charge < -0.3 is 19.6 Å². The monoisotopic (exact) mass is 408 g/mol. The standard InChI is InChI=1S/C20H26F2N4O3/c1-20(2)12-24(19(29)23(3)4)7-8-26(20)18(28)13-9-17(27)25(11-13)16-6-5-14(21)10-15(16)22/h5-6,10,13H,7-9,11-12H2,1-4H3. The average Bonchev–Trinajstić information content (AvgIpc) is 3.01. The Kier molecular flexibility index (Phi) is 5.51. The van der Waals surface area contributed by atoms with E-state index in [1.54, 1.807) is 23.9 Å². The van der Waals surface area contributed by atoms with E-state index in [4.69, 9.17) is 0 Å². The fourth-order valence-electron chi connectivity index (χ4n) is 4.04. The quantitative estimate of drug-likeness (QED) is 0.751. The molecule has 0 saturated carbocycles. The summed E-state index contributed by atoms with van der Waals surface area (Å²) in [5, 5.41) is 0. The SMILES string of the molecule is CN(C)C(=O)N1CCN(C(=O)C2CC(=O)N(c3ccc(F)cc3F)C2)C(C)(C)C1. The smallest absolute Gasteiger partial charge is 0.319 e. The number of rotatable bonds is 2. The van der Waals surface area contributed by atoms with Crippen LogP contribution in [-0.4, -0.2) is 78.4 Å². The molecule has 2 heterocycles. The molecule has 1 aromatic rings. The van der Waals surface area contributed by atoms with Gasteiger partial charge in [-0.3, -0.25) is 9.59 Å². The van der Waals surface area contributed by atoms with Crippen LogP contribution in [0.15, 0.2) is 18.2 Å². The number of amides is 4. The average molecular weight is 408 g/mol. The van der Waals surface area contributed by atoms with E-state index >= 15 is 0 Å². The first kappa shape index (κ1) is 21.0. The van der Waals surface area contributed by atoms with E-state index in [2.05, 4.69) is 0 Å². The summed E-state index contributed by atoms with van der Waals surface area (Å²) < 4.78 is 27.3. The molecular formula is C20H26F2N4O3. The molecule has 0 aromatic heterocycles. The zero-order chi connectivity index (χ0) is 21.5. The normalized spacial score (nSPS) is 21.5. The molecule has 158 valence electrons. The van der Waals surface area contributed by atoms with Gasteiger partial charge in [0.2, 0.25) is 11.8 Å². The maximum atomic E-state index is 14.1. The van der Waals surface area contributed by atoms with Crippen LogP contribution in [0.5, 0.6) is 0 Å². The van der Waals surface area contributed by atoms with Crippen molar-refractivity contribution in [2.75, 3.05) is 45.2 Å². The Labute approximate surface area is 168 Å². The summed E-state index contributed by atoms with van der Waals surface area (Å²) in [5.41, 5.74) is -0.620. The molecular weight excluding hydrogens is 382 g/mol. The molecule has 0 aliphatic carbocycles. The molecule has 0 radical (unpaired) electrons. The summed E-state index contributed by atoms with van der Waals surface area (Å²) in [7, 11) is 3.36. The van der Waals surface area contributed by atoms with Crippen LogP contribution in [0.25, 0.3) is 0 Å². The van der Waals surface area contributed by atoms with Crippen molar-refractivity contribution in [3.8, 4) is 0 Å². The first-order chi connectivity index (χ1) is 13.5. The van der Waals surface area contributed by atoms with Gasteiger partial charge in [0.05, 0.1) is 17.1 Å². The number of anilines is 1. The minimum Gasteiger partial charge on any atom is -0.334 e. The molecule has 2 fully saturated rings. The minimum absolute atomic E-state index is 0.0210. The molecule has 2 aliphatic heterocycles. The fourth-order valence-corrected chi connectivity index (χ4v) is 4.04. The number of hydrogen-bond acceptors (Lipinski definition) is 3. The number of nitrogens with zero attached hydrogens (tertiary/aromatic N) is 4. The summed E-state index contributed by atoms with van der Waals surface area (Å²) >= 11 is 0. The van der Waals surface area contributed by atoms with Gasteiger partial charge in [-0.2, -0.15) is 0 Å². The van der Waals surface area contributed by atoms with Crippen LogP contribution in [0.4, 0.5) is 19.3 Å². The van der Waals surface area contributed by atoms with E-state index in [1.165, 1.54) is 15.9 Å². The molecule has 2 saturated heterocycles. The number of halogens is 2. The van der Waals surface area contributed by atoms with Gasteiger partial charge in [-0.05, 0) is 26.0 Å². The molecule has 9 heteroatoms. The maximum absolute atomic E-state index is 14.1. The first-order valence-corrected chi connectivity index (χ1v) is 9.54. The zero-order valence-corrected chi connectivity index (χ0v) is 17.1. The molecule has 1 aromatic carbocycles. The molecule has 3 rings (SSSR count). The highest BCUT2D eigenvalue weighted by atomic mass is 19.1. The third-order valence-electron chi connectivity index (χ3n) is 5.50. The molecule has 7 nitrogen and oxygen atoms in total. The van der Waals surface area contributed by atoms with Crippen LogP contribution in [0.1, 0.15) is 20.3 Å². The van der Waals surface area contributed by atoms with Crippen molar-refractivity contribution in [2.24, 2.45) is 5.92 Å². The molecule has 4 amide bonds. The van der Waals surface area contributed by atoms with Gasteiger partial charge in [0.15, 0.2) is 0 Å². The Hall–Kier alpha value is -2.71. The van der Waals surface area contributed by atoms with Crippen LogP contribution in [0.2, 0.25) is 0 Å². The summed E-state index contributed by atoms with van der Waals surface area (Å²) in [6.07, 6.45) is -0.0252. The van der Waals surface area contributed by atoms with Crippen molar-refractivity contribution < 1.29 is 23.2 Å². The Bertz CT molecular complexity index is 843. The number of piperazine rings is 1. The largest absolute Gasteiger partial charge is 0.334 e. The Balaban J connectivity index is 1.72. The minimum atomic E-state index is -0.831. The van der Waals surface area contributed by atoms with E-state index in [0.717, 1.165) is 12.1 Å². The van der Waals surface area contributed by atoms with E-state index < -0.39 is 23.1 Å². The second-order valence-electron chi connectivity index (χ2n) is 8.40. The van der Waals surface area contributed by atoms with Crippen molar-refractivity contribution in [3.05, 3.63) is 29.8 Å². The summed E-state index contributed by atoms with van der Waals surface area (Å²) in [6.45, 7) is 4.96. The number of carbonyl (C=O) groups is 3. The molecule has 2 aliphatic rings. The van der Waals surface area contributed by atoms with Crippen molar-refractivity contribution in [1.82, 2.24) is 14.7 Å². The number of benzene rings is 1. The predicted molar refractivity (Wildman–Crippen MR) is 103 cm³/mol. The zero-order valence-electron chi connectivity index (χ0n) is 17.1. The van der Waals surface area contributed by atoms with Gasteiger partial charge in [0.1, 0.15) is 11.6 Å². The lowest BCUT2D eigenvalue weighted by Gasteiger charge is -2.48. The van der Waals surface area contributed by atoms with Gasteiger partial charge in [-0.15, -0.1) is 0 Å². The molecule has 29 heavy (non-hydrogen) atoms. The fraction of sp³-hybridized carbons (Fsp3) is 0.550. The van der Waals surface area contributed by atoms with Crippen LogP contribution >= 0.6 is 0 Å². The third-order valence-corrected chi connectivity index (χ3v) is 5.50. The summed E-state index contributed by atoms with van der Waals surface area (Å²) in [5.74, 6) is -2.72. The molecule has 0 N–H and O–H groups in total. The topological polar surface area (TPSA) is 64.2 Å².